The number of nitrogens with zero attached hydrogens (tertiary/aromatic N) is 1. The quantitative estimate of drug-likeness (QED) is 0.636. The van der Waals surface area contributed by atoms with Crippen LogP contribution in [0.4, 0.5) is 16.2 Å². The van der Waals surface area contributed by atoms with Crippen LogP contribution in [0.1, 0.15) is 26.6 Å². The zero-order valence-electron chi connectivity index (χ0n) is 14.6. The monoisotopic (exact) mass is 368 g/mol. The van der Waals surface area contributed by atoms with Crippen LogP contribution in [0.2, 0.25) is 0 Å². The van der Waals surface area contributed by atoms with Crippen molar-refractivity contribution in [3.8, 4) is 0 Å². The van der Waals surface area contributed by atoms with Crippen molar-refractivity contribution in [1.29, 1.82) is 0 Å². The average Bonchev–Trinajstić information content (AvgIpc) is 3.20. The first-order chi connectivity index (χ1) is 12.4. The summed E-state index contributed by atoms with van der Waals surface area (Å²) >= 11 is 1.70. The van der Waals surface area contributed by atoms with Crippen molar-refractivity contribution in [3.05, 3.63) is 69.7 Å². The van der Waals surface area contributed by atoms with E-state index >= 15 is 0 Å². The molecule has 3 aromatic rings. The van der Waals surface area contributed by atoms with Gasteiger partial charge < -0.3 is 20.9 Å². The summed E-state index contributed by atoms with van der Waals surface area (Å²) < 4.78 is 2.14. The standard InChI is InChI=1S/C19H20N4O2S/c1-12-10-17(13(2)23(12)11-16-4-3-9-26-16)18(24)21-14-5-7-15(8-6-14)22-19(20)25/h3-10H,11H2,1-2H3,(H,21,24)(H3,20,22,25). The SMILES string of the molecule is Cc1cc(C(=O)Nc2ccc(NC(N)=O)cc2)c(C)n1Cc1cccs1. The summed E-state index contributed by atoms with van der Waals surface area (Å²) in [5, 5.41) is 7.42. The van der Waals surface area contributed by atoms with Crippen LogP contribution >= 0.6 is 11.3 Å². The van der Waals surface area contributed by atoms with Crippen LogP contribution in [0, 0.1) is 13.8 Å². The number of nitrogens with two attached hydrogens (primary N) is 1. The lowest BCUT2D eigenvalue weighted by atomic mass is 10.2. The van der Waals surface area contributed by atoms with E-state index in [0.717, 1.165) is 17.9 Å². The first-order valence-corrected chi connectivity index (χ1v) is 8.99. The summed E-state index contributed by atoms with van der Waals surface area (Å²) in [6.45, 7) is 4.72. The van der Waals surface area contributed by atoms with Gasteiger partial charge in [-0.1, -0.05) is 6.07 Å². The zero-order chi connectivity index (χ0) is 18.7. The Bertz CT molecular complexity index is 927. The van der Waals surface area contributed by atoms with Crippen LogP contribution in [0.3, 0.4) is 0 Å². The molecule has 0 fully saturated rings. The summed E-state index contributed by atoms with van der Waals surface area (Å²) in [5.74, 6) is -0.161. The molecule has 1 aromatic carbocycles. The van der Waals surface area contributed by atoms with E-state index in [4.69, 9.17) is 5.73 Å². The first-order valence-electron chi connectivity index (χ1n) is 8.11. The second kappa shape index (κ2) is 7.45. The molecule has 26 heavy (non-hydrogen) atoms. The number of aromatic nitrogens is 1. The number of carbonyl (C=O) groups is 2. The minimum absolute atomic E-state index is 0.161. The van der Waals surface area contributed by atoms with Crippen molar-refractivity contribution >= 4 is 34.6 Å². The van der Waals surface area contributed by atoms with E-state index < -0.39 is 6.03 Å². The highest BCUT2D eigenvalue weighted by Crippen LogP contribution is 2.21. The minimum atomic E-state index is -0.625. The second-order valence-corrected chi connectivity index (χ2v) is 7.00. The maximum absolute atomic E-state index is 12.7. The topological polar surface area (TPSA) is 89.2 Å². The number of anilines is 2. The summed E-state index contributed by atoms with van der Waals surface area (Å²) in [4.78, 5) is 24.7. The molecule has 0 aliphatic carbocycles. The Morgan fingerprint density at radius 1 is 1.08 bits per heavy atom. The molecule has 3 rings (SSSR count). The number of carbonyl (C=O) groups excluding carboxylic acids is 2. The number of thiophene rings is 1. The van der Waals surface area contributed by atoms with Gasteiger partial charge in [-0.2, -0.15) is 0 Å². The van der Waals surface area contributed by atoms with E-state index in [1.165, 1.54) is 4.88 Å². The largest absolute Gasteiger partial charge is 0.351 e. The summed E-state index contributed by atoms with van der Waals surface area (Å²) in [7, 11) is 0. The van der Waals surface area contributed by atoms with Gasteiger partial charge in [-0.3, -0.25) is 4.79 Å². The molecule has 0 unspecified atom stereocenters. The Kier molecular flexibility index (Phi) is 5.09. The highest BCUT2D eigenvalue weighted by molar-refractivity contribution is 7.09. The van der Waals surface area contributed by atoms with Crippen molar-refractivity contribution in [2.75, 3.05) is 10.6 Å². The van der Waals surface area contributed by atoms with Gasteiger partial charge in [-0.25, -0.2) is 4.79 Å². The average molecular weight is 368 g/mol. The van der Waals surface area contributed by atoms with Crippen LogP contribution < -0.4 is 16.4 Å². The van der Waals surface area contributed by atoms with Crippen LogP contribution in [0.25, 0.3) is 0 Å². The molecule has 134 valence electrons. The number of hydrogen-bond donors (Lipinski definition) is 3. The summed E-state index contributed by atoms with van der Waals surface area (Å²) in [6.07, 6.45) is 0. The predicted octanol–water partition coefficient (Wildman–Crippen LogP) is 3.96. The van der Waals surface area contributed by atoms with Crippen LogP contribution in [-0.2, 0) is 6.54 Å². The van der Waals surface area contributed by atoms with Crippen molar-refractivity contribution in [3.63, 3.8) is 0 Å². The summed E-state index contributed by atoms with van der Waals surface area (Å²) in [5.41, 5.74) is 8.93. The molecule has 0 bridgehead atoms. The molecule has 2 heterocycles. The second-order valence-electron chi connectivity index (χ2n) is 5.97. The van der Waals surface area contributed by atoms with Crippen molar-refractivity contribution in [1.82, 2.24) is 4.57 Å². The molecule has 4 N–H and O–H groups in total. The zero-order valence-corrected chi connectivity index (χ0v) is 15.4. The number of amides is 3. The molecule has 3 amide bonds. The molecule has 0 aliphatic heterocycles. The van der Waals surface area contributed by atoms with E-state index in [9.17, 15) is 9.59 Å². The van der Waals surface area contributed by atoms with Gasteiger partial charge in [0.2, 0.25) is 0 Å². The molecule has 0 atom stereocenters. The van der Waals surface area contributed by atoms with Crippen LogP contribution in [-0.4, -0.2) is 16.5 Å². The fourth-order valence-electron chi connectivity index (χ4n) is 2.81. The van der Waals surface area contributed by atoms with Crippen molar-refractivity contribution in [2.45, 2.75) is 20.4 Å². The number of aryl methyl sites for hydroxylation is 1. The van der Waals surface area contributed by atoms with Crippen LogP contribution in [0.5, 0.6) is 0 Å². The third-order valence-corrected chi connectivity index (χ3v) is 4.98. The Hall–Kier alpha value is -3.06. The number of hydrogen-bond acceptors (Lipinski definition) is 3. The molecular weight excluding hydrogens is 348 g/mol. The lowest BCUT2D eigenvalue weighted by Crippen LogP contribution is -2.19. The van der Waals surface area contributed by atoms with Gasteiger partial charge in [-0.15, -0.1) is 11.3 Å². The van der Waals surface area contributed by atoms with Crippen molar-refractivity contribution < 1.29 is 9.59 Å². The maximum atomic E-state index is 12.7. The van der Waals surface area contributed by atoms with E-state index in [1.54, 1.807) is 35.6 Å². The normalized spacial score (nSPS) is 10.5. The van der Waals surface area contributed by atoms with E-state index in [-0.39, 0.29) is 5.91 Å². The Morgan fingerprint density at radius 2 is 1.73 bits per heavy atom. The number of rotatable bonds is 5. The van der Waals surface area contributed by atoms with E-state index in [1.807, 2.05) is 31.4 Å². The lowest BCUT2D eigenvalue weighted by Gasteiger charge is -2.09. The lowest BCUT2D eigenvalue weighted by molar-refractivity contribution is 0.102. The Morgan fingerprint density at radius 3 is 2.31 bits per heavy atom. The van der Waals surface area contributed by atoms with Gasteiger partial charge >= 0.3 is 6.03 Å². The maximum Gasteiger partial charge on any atom is 0.316 e. The van der Waals surface area contributed by atoms with Crippen molar-refractivity contribution in [2.24, 2.45) is 5.73 Å². The van der Waals surface area contributed by atoms with E-state index in [2.05, 4.69) is 21.3 Å². The fourth-order valence-corrected chi connectivity index (χ4v) is 3.50. The molecule has 0 aliphatic rings. The molecule has 0 saturated heterocycles. The van der Waals surface area contributed by atoms with Gasteiger partial charge in [0.1, 0.15) is 0 Å². The van der Waals surface area contributed by atoms with Gasteiger partial charge in [0.15, 0.2) is 0 Å². The highest BCUT2D eigenvalue weighted by Gasteiger charge is 2.16. The van der Waals surface area contributed by atoms with Gasteiger partial charge in [0.25, 0.3) is 5.91 Å². The van der Waals surface area contributed by atoms with Gasteiger partial charge in [0.05, 0.1) is 12.1 Å². The highest BCUT2D eigenvalue weighted by atomic mass is 32.1. The van der Waals surface area contributed by atoms with Gasteiger partial charge in [0, 0.05) is 27.6 Å². The fraction of sp³-hybridized carbons (Fsp3) is 0.158. The first kappa shape index (κ1) is 17.8. The smallest absolute Gasteiger partial charge is 0.316 e. The van der Waals surface area contributed by atoms with Crippen LogP contribution in [0.15, 0.2) is 47.8 Å². The minimum Gasteiger partial charge on any atom is -0.351 e. The van der Waals surface area contributed by atoms with E-state index in [0.29, 0.717) is 16.9 Å². The molecule has 2 aromatic heterocycles. The third kappa shape index (κ3) is 3.94. The predicted molar refractivity (Wildman–Crippen MR) is 105 cm³/mol. The number of benzene rings is 1. The molecule has 0 radical (unpaired) electrons. The summed E-state index contributed by atoms with van der Waals surface area (Å²) in [6, 6.07) is 12.2. The molecule has 6 nitrogen and oxygen atoms in total. The van der Waals surface area contributed by atoms with Gasteiger partial charge in [-0.05, 0) is 55.6 Å². The Labute approximate surface area is 155 Å². The molecule has 0 spiro atoms. The number of nitrogens with one attached hydrogen (secondary N) is 2. The Balaban J connectivity index is 1.74. The molecule has 7 heteroatoms. The molecular formula is C19H20N4O2S. The third-order valence-electron chi connectivity index (χ3n) is 4.12. The number of urea groups is 1. The number of primary amides is 1. The molecule has 0 saturated carbocycles.